The first kappa shape index (κ1) is 31.4. The van der Waals surface area contributed by atoms with Crippen LogP contribution in [0, 0.1) is 6.92 Å². The molecule has 11 rings (SSSR count). The zero-order chi connectivity index (χ0) is 36.5. The summed E-state index contributed by atoms with van der Waals surface area (Å²) < 4.78 is 0. The van der Waals surface area contributed by atoms with Crippen LogP contribution in [0.3, 0.4) is 0 Å². The molecule has 9 aromatic carbocycles. The monoisotopic (exact) mass is 691 g/mol. The molecule has 0 atom stereocenters. The lowest BCUT2D eigenvalue weighted by Crippen LogP contribution is -2.16. The van der Waals surface area contributed by atoms with Crippen LogP contribution >= 0.6 is 0 Å². The molecule has 258 valence electrons. The molecule has 0 saturated carbocycles. The third-order valence-electron chi connectivity index (χ3n) is 12.8. The van der Waals surface area contributed by atoms with Crippen molar-refractivity contribution in [2.45, 2.75) is 45.4 Å². The van der Waals surface area contributed by atoms with Crippen LogP contribution in [0.2, 0.25) is 0 Å². The van der Waals surface area contributed by atoms with E-state index in [4.69, 9.17) is 0 Å². The molecule has 0 bridgehead atoms. The highest BCUT2D eigenvalue weighted by molar-refractivity contribution is 6.05. The molecule has 0 aromatic heterocycles. The molecule has 0 aliphatic heterocycles. The van der Waals surface area contributed by atoms with Gasteiger partial charge in [0.25, 0.3) is 0 Å². The van der Waals surface area contributed by atoms with E-state index in [-0.39, 0.29) is 10.8 Å². The van der Waals surface area contributed by atoms with Crippen molar-refractivity contribution in [2.24, 2.45) is 0 Å². The summed E-state index contributed by atoms with van der Waals surface area (Å²) in [6.45, 7) is 11.8. The first-order valence-corrected chi connectivity index (χ1v) is 19.3. The maximum Gasteiger partial charge on any atom is 0.0490 e. The van der Waals surface area contributed by atoms with E-state index in [0.29, 0.717) is 0 Å². The molecule has 1 heteroatoms. The summed E-state index contributed by atoms with van der Waals surface area (Å²) in [4.78, 5) is 2.45. The molecule has 0 amide bonds. The maximum absolute atomic E-state index is 2.46. The molecule has 54 heavy (non-hydrogen) atoms. The van der Waals surface area contributed by atoms with Crippen molar-refractivity contribution in [2.75, 3.05) is 4.90 Å². The van der Waals surface area contributed by atoms with Gasteiger partial charge in [0.2, 0.25) is 0 Å². The van der Waals surface area contributed by atoms with Crippen molar-refractivity contribution in [3.05, 3.63) is 186 Å². The number of nitrogens with zero attached hydrogens (tertiary/aromatic N) is 1. The SMILES string of the molecule is Cc1ccccc1N(c1ccc2cc3c(cc2c1)C(C)(C)c1cc2ccccc2cc1-3)c1ccc2c3c(ccc2c1)-c1ccc2ccccc2c1C3(C)C. The van der Waals surface area contributed by atoms with Crippen molar-refractivity contribution in [1.82, 2.24) is 0 Å². The second kappa shape index (κ2) is 10.9. The summed E-state index contributed by atoms with van der Waals surface area (Å²) in [6.07, 6.45) is 0. The second-order valence-corrected chi connectivity index (χ2v) is 16.6. The summed E-state index contributed by atoms with van der Waals surface area (Å²) in [7, 11) is 0. The number of benzene rings is 9. The summed E-state index contributed by atoms with van der Waals surface area (Å²) in [5.41, 5.74) is 15.7. The number of para-hydroxylation sites is 1. The Labute approximate surface area is 317 Å². The van der Waals surface area contributed by atoms with Crippen LogP contribution in [0.1, 0.15) is 55.5 Å². The molecular formula is C53H41N. The quantitative estimate of drug-likeness (QED) is 0.178. The Morgan fingerprint density at radius 3 is 1.57 bits per heavy atom. The van der Waals surface area contributed by atoms with Crippen LogP contribution in [0.25, 0.3) is 65.3 Å². The lowest BCUT2D eigenvalue weighted by Gasteiger charge is -2.29. The fourth-order valence-electron chi connectivity index (χ4n) is 10.2. The van der Waals surface area contributed by atoms with Crippen LogP contribution in [0.15, 0.2) is 158 Å². The normalized spacial score (nSPS) is 14.7. The van der Waals surface area contributed by atoms with Crippen LogP contribution in [-0.4, -0.2) is 0 Å². The number of rotatable bonds is 3. The van der Waals surface area contributed by atoms with Gasteiger partial charge in [0, 0.05) is 27.9 Å². The number of hydrogen-bond donors (Lipinski definition) is 0. The number of anilines is 3. The van der Waals surface area contributed by atoms with Gasteiger partial charge in [0.05, 0.1) is 0 Å². The van der Waals surface area contributed by atoms with E-state index in [1.165, 1.54) is 98.8 Å². The van der Waals surface area contributed by atoms with E-state index in [1.54, 1.807) is 0 Å². The molecule has 2 aliphatic rings. The standard InChI is InChI=1S/C53H41N/c1-32-12-6-11-17-49(32)54(39-21-18-36-29-46-45-28-34-14-7-8-15-35(34)30-47(45)52(2,3)48(46)31-38(36)27-39)40-22-25-42-37(26-40)20-24-44-43-23-19-33-13-9-10-16-41(33)50(43)53(4,5)51(42)44/h6-31H,1-5H3. The average Bonchev–Trinajstić information content (AvgIpc) is 3.55. The smallest absolute Gasteiger partial charge is 0.0490 e. The minimum absolute atomic E-state index is 0.0904. The van der Waals surface area contributed by atoms with Gasteiger partial charge in [-0.25, -0.2) is 0 Å². The predicted octanol–water partition coefficient (Wildman–Crippen LogP) is 14.7. The van der Waals surface area contributed by atoms with Crippen molar-refractivity contribution < 1.29 is 0 Å². The molecule has 0 radical (unpaired) electrons. The van der Waals surface area contributed by atoms with Crippen molar-refractivity contribution in [3.8, 4) is 22.3 Å². The fraction of sp³-hybridized carbons (Fsp3) is 0.132. The highest BCUT2D eigenvalue weighted by Gasteiger charge is 2.39. The summed E-state index contributed by atoms with van der Waals surface area (Å²) in [6, 6.07) is 59.5. The van der Waals surface area contributed by atoms with E-state index in [0.717, 1.165) is 11.4 Å². The minimum Gasteiger partial charge on any atom is -0.310 e. The van der Waals surface area contributed by atoms with Gasteiger partial charge in [-0.05, 0) is 155 Å². The van der Waals surface area contributed by atoms with Crippen LogP contribution in [0.4, 0.5) is 17.1 Å². The van der Waals surface area contributed by atoms with E-state index >= 15 is 0 Å². The maximum atomic E-state index is 2.46. The van der Waals surface area contributed by atoms with E-state index in [9.17, 15) is 0 Å². The van der Waals surface area contributed by atoms with Gasteiger partial charge in [-0.2, -0.15) is 0 Å². The first-order valence-electron chi connectivity index (χ1n) is 19.3. The zero-order valence-corrected chi connectivity index (χ0v) is 31.5. The Kier molecular flexibility index (Phi) is 6.35. The largest absolute Gasteiger partial charge is 0.310 e. The molecule has 0 N–H and O–H groups in total. The first-order chi connectivity index (χ1) is 26.2. The second-order valence-electron chi connectivity index (χ2n) is 16.6. The van der Waals surface area contributed by atoms with Gasteiger partial charge in [-0.1, -0.05) is 131 Å². The highest BCUT2D eigenvalue weighted by Crippen LogP contribution is 2.55. The lowest BCUT2D eigenvalue weighted by molar-refractivity contribution is 0.662. The molecule has 1 nitrogen and oxygen atoms in total. The molecule has 0 heterocycles. The zero-order valence-electron chi connectivity index (χ0n) is 31.5. The van der Waals surface area contributed by atoms with Crippen LogP contribution in [-0.2, 0) is 10.8 Å². The lowest BCUT2D eigenvalue weighted by atomic mass is 9.78. The van der Waals surface area contributed by atoms with E-state index in [2.05, 4.69) is 197 Å². The van der Waals surface area contributed by atoms with Gasteiger partial charge in [-0.15, -0.1) is 0 Å². The Morgan fingerprint density at radius 2 is 0.870 bits per heavy atom. The average molecular weight is 692 g/mol. The molecule has 0 unspecified atom stereocenters. The molecular weight excluding hydrogens is 651 g/mol. The van der Waals surface area contributed by atoms with Crippen LogP contribution < -0.4 is 4.90 Å². The Morgan fingerprint density at radius 1 is 0.370 bits per heavy atom. The van der Waals surface area contributed by atoms with Gasteiger partial charge in [0.1, 0.15) is 0 Å². The molecule has 9 aromatic rings. The molecule has 0 spiro atoms. The Balaban J connectivity index is 1.07. The highest BCUT2D eigenvalue weighted by atomic mass is 15.1. The molecule has 0 fully saturated rings. The Bertz CT molecular complexity index is 3070. The third kappa shape index (κ3) is 4.27. The van der Waals surface area contributed by atoms with Gasteiger partial charge in [0.15, 0.2) is 0 Å². The summed E-state index contributed by atoms with van der Waals surface area (Å²) >= 11 is 0. The Hall–Kier alpha value is -6.18. The number of fused-ring (bicyclic) bond motifs is 12. The minimum atomic E-state index is -0.124. The topological polar surface area (TPSA) is 3.24 Å². The molecule has 2 aliphatic carbocycles. The van der Waals surface area contributed by atoms with Crippen LogP contribution in [0.5, 0.6) is 0 Å². The predicted molar refractivity (Wildman–Crippen MR) is 231 cm³/mol. The van der Waals surface area contributed by atoms with Crippen molar-refractivity contribution >= 4 is 60.2 Å². The van der Waals surface area contributed by atoms with E-state index < -0.39 is 0 Å². The molecule has 0 saturated heterocycles. The van der Waals surface area contributed by atoms with Crippen molar-refractivity contribution in [3.63, 3.8) is 0 Å². The van der Waals surface area contributed by atoms with Gasteiger partial charge < -0.3 is 4.90 Å². The van der Waals surface area contributed by atoms with Gasteiger partial charge >= 0.3 is 0 Å². The third-order valence-corrected chi connectivity index (χ3v) is 12.8. The fourth-order valence-corrected chi connectivity index (χ4v) is 10.2. The summed E-state index contributed by atoms with van der Waals surface area (Å²) in [5, 5.41) is 10.4. The van der Waals surface area contributed by atoms with Crippen molar-refractivity contribution in [1.29, 1.82) is 0 Å². The summed E-state index contributed by atoms with van der Waals surface area (Å²) in [5.74, 6) is 0. The number of hydrogen-bond acceptors (Lipinski definition) is 1. The van der Waals surface area contributed by atoms with Gasteiger partial charge in [-0.3, -0.25) is 0 Å². The van der Waals surface area contributed by atoms with E-state index in [1.807, 2.05) is 0 Å². The number of aryl methyl sites for hydroxylation is 1.